The number of hydrogen-bond acceptors (Lipinski definition) is 2. The molecule has 0 amide bonds. The van der Waals surface area contributed by atoms with Crippen molar-refractivity contribution in [2.24, 2.45) is 5.41 Å². The van der Waals surface area contributed by atoms with Gasteiger partial charge in [0.25, 0.3) is 0 Å². The van der Waals surface area contributed by atoms with Gasteiger partial charge >= 0.3 is 0 Å². The van der Waals surface area contributed by atoms with Crippen LogP contribution in [-0.2, 0) is 4.79 Å². The molecule has 1 heterocycles. The SMILES string of the molecule is CC#CCCC(=O)C1(C)CCNCC1. The van der Waals surface area contributed by atoms with E-state index in [1.165, 1.54) is 0 Å². The maximum absolute atomic E-state index is 11.9. The minimum Gasteiger partial charge on any atom is -0.317 e. The van der Waals surface area contributed by atoms with E-state index in [2.05, 4.69) is 24.1 Å². The zero-order chi connectivity index (χ0) is 10.4. The van der Waals surface area contributed by atoms with Crippen LogP contribution >= 0.6 is 0 Å². The number of ketones is 1. The van der Waals surface area contributed by atoms with Crippen molar-refractivity contribution in [3.05, 3.63) is 0 Å². The Bertz CT molecular complexity index is 253. The number of rotatable bonds is 3. The highest BCUT2D eigenvalue weighted by Gasteiger charge is 2.33. The monoisotopic (exact) mass is 193 g/mol. The summed E-state index contributed by atoms with van der Waals surface area (Å²) in [4.78, 5) is 11.9. The molecule has 0 aromatic carbocycles. The zero-order valence-electron chi connectivity index (χ0n) is 9.15. The summed E-state index contributed by atoms with van der Waals surface area (Å²) >= 11 is 0. The van der Waals surface area contributed by atoms with Crippen molar-refractivity contribution in [1.82, 2.24) is 5.32 Å². The van der Waals surface area contributed by atoms with Crippen LogP contribution in [0, 0.1) is 17.3 Å². The van der Waals surface area contributed by atoms with Gasteiger partial charge in [-0.05, 0) is 32.9 Å². The molecule has 0 aromatic heterocycles. The summed E-state index contributed by atoms with van der Waals surface area (Å²) in [6.45, 7) is 5.86. The average molecular weight is 193 g/mol. The van der Waals surface area contributed by atoms with Crippen molar-refractivity contribution < 1.29 is 4.79 Å². The molecule has 0 saturated carbocycles. The van der Waals surface area contributed by atoms with Crippen molar-refractivity contribution in [2.75, 3.05) is 13.1 Å². The molecule has 0 atom stereocenters. The highest BCUT2D eigenvalue weighted by molar-refractivity contribution is 5.84. The normalized spacial score (nSPS) is 19.6. The van der Waals surface area contributed by atoms with Gasteiger partial charge in [-0.1, -0.05) is 6.92 Å². The third-order valence-electron chi connectivity index (χ3n) is 3.03. The smallest absolute Gasteiger partial charge is 0.139 e. The summed E-state index contributed by atoms with van der Waals surface area (Å²) in [5.74, 6) is 6.16. The molecule has 0 unspecified atom stereocenters. The van der Waals surface area contributed by atoms with Gasteiger partial charge in [0.05, 0.1) is 0 Å². The van der Waals surface area contributed by atoms with Crippen molar-refractivity contribution in [2.45, 2.75) is 39.5 Å². The van der Waals surface area contributed by atoms with Crippen molar-refractivity contribution in [3.8, 4) is 11.8 Å². The lowest BCUT2D eigenvalue weighted by Crippen LogP contribution is -2.39. The van der Waals surface area contributed by atoms with E-state index in [0.717, 1.165) is 32.4 Å². The fourth-order valence-corrected chi connectivity index (χ4v) is 1.86. The van der Waals surface area contributed by atoms with Crippen molar-refractivity contribution >= 4 is 5.78 Å². The average Bonchev–Trinajstić information content (AvgIpc) is 2.19. The van der Waals surface area contributed by atoms with Crippen LogP contribution in [0.2, 0.25) is 0 Å². The quantitative estimate of drug-likeness (QED) is 0.692. The lowest BCUT2D eigenvalue weighted by atomic mass is 9.76. The van der Waals surface area contributed by atoms with Crippen LogP contribution in [0.3, 0.4) is 0 Å². The summed E-state index contributed by atoms with van der Waals surface area (Å²) in [6.07, 6.45) is 3.30. The van der Waals surface area contributed by atoms with Gasteiger partial charge in [0.1, 0.15) is 5.78 Å². The van der Waals surface area contributed by atoms with E-state index in [1.54, 1.807) is 0 Å². The molecule has 1 fully saturated rings. The van der Waals surface area contributed by atoms with Crippen LogP contribution in [-0.4, -0.2) is 18.9 Å². The van der Waals surface area contributed by atoms with Crippen molar-refractivity contribution in [3.63, 3.8) is 0 Å². The van der Waals surface area contributed by atoms with E-state index in [4.69, 9.17) is 0 Å². The molecule has 14 heavy (non-hydrogen) atoms. The van der Waals surface area contributed by atoms with Crippen LogP contribution in [0.15, 0.2) is 0 Å². The van der Waals surface area contributed by atoms with E-state index in [1.807, 2.05) is 6.92 Å². The van der Waals surface area contributed by atoms with Crippen LogP contribution in [0.4, 0.5) is 0 Å². The first kappa shape index (κ1) is 11.3. The Kier molecular flexibility index (Phi) is 4.16. The maximum atomic E-state index is 11.9. The Hall–Kier alpha value is -0.810. The predicted molar refractivity (Wildman–Crippen MR) is 57.9 cm³/mol. The highest BCUT2D eigenvalue weighted by Crippen LogP contribution is 2.30. The van der Waals surface area contributed by atoms with Gasteiger partial charge in [-0.25, -0.2) is 0 Å². The Labute approximate surface area is 86.5 Å². The van der Waals surface area contributed by atoms with Crippen LogP contribution < -0.4 is 5.32 Å². The molecule has 0 radical (unpaired) electrons. The van der Waals surface area contributed by atoms with Gasteiger partial charge in [-0.15, -0.1) is 11.8 Å². The lowest BCUT2D eigenvalue weighted by molar-refractivity contribution is -0.129. The first-order chi connectivity index (χ1) is 6.69. The summed E-state index contributed by atoms with van der Waals surface area (Å²) < 4.78 is 0. The molecule has 1 rings (SSSR count). The standard InChI is InChI=1S/C12H19NO/c1-3-4-5-6-11(14)12(2)7-9-13-10-8-12/h13H,5-10H2,1-2H3. The van der Waals surface area contributed by atoms with Crippen molar-refractivity contribution in [1.29, 1.82) is 0 Å². The van der Waals surface area contributed by atoms with Gasteiger partial charge in [0, 0.05) is 18.3 Å². The summed E-state index contributed by atoms with van der Waals surface area (Å²) in [5.41, 5.74) is -0.0827. The number of carbonyl (C=O) groups is 1. The van der Waals surface area contributed by atoms with Gasteiger partial charge < -0.3 is 5.32 Å². The van der Waals surface area contributed by atoms with Gasteiger partial charge in [0.15, 0.2) is 0 Å². The fourth-order valence-electron chi connectivity index (χ4n) is 1.86. The largest absolute Gasteiger partial charge is 0.317 e. The molecule has 2 nitrogen and oxygen atoms in total. The maximum Gasteiger partial charge on any atom is 0.139 e. The summed E-state index contributed by atoms with van der Waals surface area (Å²) in [7, 11) is 0. The molecule has 0 aliphatic carbocycles. The van der Waals surface area contributed by atoms with E-state index in [-0.39, 0.29) is 5.41 Å². The first-order valence-corrected chi connectivity index (χ1v) is 5.33. The number of Topliss-reactive ketones (excluding diaryl/α,β-unsaturated/α-hetero) is 1. The number of piperidine rings is 1. The number of nitrogens with one attached hydrogen (secondary N) is 1. The molecule has 1 saturated heterocycles. The van der Waals surface area contributed by atoms with E-state index in [0.29, 0.717) is 12.2 Å². The second kappa shape index (κ2) is 5.17. The molecule has 1 aliphatic rings. The molecular weight excluding hydrogens is 174 g/mol. The zero-order valence-corrected chi connectivity index (χ0v) is 9.15. The fraction of sp³-hybridized carbons (Fsp3) is 0.750. The van der Waals surface area contributed by atoms with Gasteiger partial charge in [0.2, 0.25) is 0 Å². The third kappa shape index (κ3) is 2.85. The minimum atomic E-state index is -0.0827. The highest BCUT2D eigenvalue weighted by atomic mass is 16.1. The van der Waals surface area contributed by atoms with Crippen LogP contribution in [0.5, 0.6) is 0 Å². The van der Waals surface area contributed by atoms with E-state index >= 15 is 0 Å². The van der Waals surface area contributed by atoms with Gasteiger partial charge in [-0.2, -0.15) is 0 Å². The van der Waals surface area contributed by atoms with Gasteiger partial charge in [-0.3, -0.25) is 4.79 Å². The van der Waals surface area contributed by atoms with Crippen LogP contribution in [0.25, 0.3) is 0 Å². The first-order valence-electron chi connectivity index (χ1n) is 5.33. The molecule has 0 spiro atoms. The molecule has 0 aromatic rings. The second-order valence-corrected chi connectivity index (χ2v) is 4.16. The molecule has 1 N–H and O–H groups in total. The number of hydrogen-bond donors (Lipinski definition) is 1. The Morgan fingerprint density at radius 2 is 2.07 bits per heavy atom. The summed E-state index contributed by atoms with van der Waals surface area (Å²) in [5, 5.41) is 3.28. The Balaban J connectivity index is 2.43. The Morgan fingerprint density at radius 3 is 2.64 bits per heavy atom. The minimum absolute atomic E-state index is 0.0827. The van der Waals surface area contributed by atoms with E-state index < -0.39 is 0 Å². The number of carbonyl (C=O) groups excluding carboxylic acids is 1. The molecule has 0 bridgehead atoms. The van der Waals surface area contributed by atoms with E-state index in [9.17, 15) is 4.79 Å². The molecular formula is C12H19NO. The lowest BCUT2D eigenvalue weighted by Gasteiger charge is -2.32. The second-order valence-electron chi connectivity index (χ2n) is 4.16. The summed E-state index contributed by atoms with van der Waals surface area (Å²) in [6, 6.07) is 0. The third-order valence-corrected chi connectivity index (χ3v) is 3.03. The Morgan fingerprint density at radius 1 is 1.43 bits per heavy atom. The predicted octanol–water partition coefficient (Wildman–Crippen LogP) is 1.75. The molecule has 78 valence electrons. The molecule has 1 aliphatic heterocycles. The molecule has 2 heteroatoms. The topological polar surface area (TPSA) is 29.1 Å². The van der Waals surface area contributed by atoms with Crippen LogP contribution in [0.1, 0.15) is 39.5 Å².